The molecule has 66 valence electrons. The lowest BCUT2D eigenvalue weighted by atomic mass is 10.3. The van der Waals surface area contributed by atoms with Gasteiger partial charge in [-0.15, -0.1) is 0 Å². The fraction of sp³-hybridized carbons (Fsp3) is 0.333. The van der Waals surface area contributed by atoms with Crippen LogP contribution in [-0.4, -0.2) is 18.6 Å². The lowest BCUT2D eigenvalue weighted by Crippen LogP contribution is -1.78. The van der Waals surface area contributed by atoms with Crippen molar-refractivity contribution in [2.75, 3.05) is 7.11 Å². The predicted octanol–water partition coefficient (Wildman–Crippen LogP) is 1.49. The predicted molar refractivity (Wildman–Crippen MR) is 46.8 cm³/mol. The van der Waals surface area contributed by atoms with Gasteiger partial charge in [-0.1, -0.05) is 6.07 Å². The van der Waals surface area contributed by atoms with Crippen molar-refractivity contribution in [1.29, 1.82) is 0 Å². The van der Waals surface area contributed by atoms with Crippen molar-refractivity contribution in [3.8, 4) is 0 Å². The molecule has 0 fully saturated rings. The third-order valence-electron chi connectivity index (χ3n) is 1.16. The van der Waals surface area contributed by atoms with E-state index in [4.69, 9.17) is 4.79 Å². The van der Waals surface area contributed by atoms with Gasteiger partial charge < -0.3 is 4.74 Å². The van der Waals surface area contributed by atoms with Crippen LogP contribution in [0.15, 0.2) is 18.3 Å². The molecule has 0 aromatic carbocycles. The first-order valence-electron chi connectivity index (χ1n) is 3.56. The van der Waals surface area contributed by atoms with Crippen LogP contribution in [0.5, 0.6) is 0 Å². The highest BCUT2D eigenvalue weighted by molar-refractivity contribution is 5.36. The standard InChI is InChI=1S/C7H9N.C2H4O2/c1-6-3-4-7(2)8-5-6;1-4-2-3/h3-5H,1-2H3;2H,1H3. The normalized spacial score (nSPS) is 7.92. The van der Waals surface area contributed by atoms with Gasteiger partial charge in [0.1, 0.15) is 0 Å². The lowest BCUT2D eigenvalue weighted by Gasteiger charge is -1.89. The smallest absolute Gasteiger partial charge is 0.292 e. The number of pyridine rings is 1. The molecule has 0 unspecified atom stereocenters. The Morgan fingerprint density at radius 2 is 2.00 bits per heavy atom. The number of aryl methyl sites for hydroxylation is 2. The zero-order valence-corrected chi connectivity index (χ0v) is 7.57. The maximum absolute atomic E-state index is 8.95. The van der Waals surface area contributed by atoms with Gasteiger partial charge in [0.2, 0.25) is 0 Å². The second-order valence-corrected chi connectivity index (χ2v) is 2.31. The summed E-state index contributed by atoms with van der Waals surface area (Å²) >= 11 is 0. The second kappa shape index (κ2) is 6.34. The van der Waals surface area contributed by atoms with Gasteiger partial charge in [0.15, 0.2) is 0 Å². The first kappa shape index (κ1) is 10.6. The van der Waals surface area contributed by atoms with Crippen LogP contribution in [0.2, 0.25) is 0 Å². The zero-order valence-electron chi connectivity index (χ0n) is 7.57. The van der Waals surface area contributed by atoms with Gasteiger partial charge in [0.05, 0.1) is 7.11 Å². The molecular weight excluding hydrogens is 154 g/mol. The summed E-state index contributed by atoms with van der Waals surface area (Å²) in [4.78, 5) is 13.0. The van der Waals surface area contributed by atoms with Crippen LogP contribution in [0.3, 0.4) is 0 Å². The van der Waals surface area contributed by atoms with Gasteiger partial charge in [-0.05, 0) is 25.5 Å². The van der Waals surface area contributed by atoms with Crippen molar-refractivity contribution in [2.45, 2.75) is 13.8 Å². The fourth-order valence-electron chi connectivity index (χ4n) is 0.542. The minimum Gasteiger partial charge on any atom is -0.471 e. The van der Waals surface area contributed by atoms with Gasteiger partial charge >= 0.3 is 0 Å². The van der Waals surface area contributed by atoms with E-state index in [2.05, 4.69) is 15.8 Å². The van der Waals surface area contributed by atoms with Crippen LogP contribution >= 0.6 is 0 Å². The third-order valence-corrected chi connectivity index (χ3v) is 1.16. The maximum Gasteiger partial charge on any atom is 0.292 e. The highest BCUT2D eigenvalue weighted by atomic mass is 16.5. The fourth-order valence-corrected chi connectivity index (χ4v) is 0.542. The average Bonchev–Trinajstić information content (AvgIpc) is 2.11. The van der Waals surface area contributed by atoms with Gasteiger partial charge in [0, 0.05) is 11.9 Å². The molecular formula is C9H13NO2. The van der Waals surface area contributed by atoms with E-state index >= 15 is 0 Å². The molecule has 0 saturated heterocycles. The number of carbonyl (C=O) groups is 1. The first-order valence-corrected chi connectivity index (χ1v) is 3.56. The van der Waals surface area contributed by atoms with E-state index in [0.717, 1.165) is 5.69 Å². The van der Waals surface area contributed by atoms with Crippen LogP contribution in [0.4, 0.5) is 0 Å². The van der Waals surface area contributed by atoms with Gasteiger partial charge in [-0.3, -0.25) is 9.78 Å². The number of ether oxygens (including phenoxy) is 1. The summed E-state index contributed by atoms with van der Waals surface area (Å²) in [6.45, 7) is 4.39. The molecule has 0 spiro atoms. The summed E-state index contributed by atoms with van der Waals surface area (Å²) in [5.74, 6) is 0. The highest BCUT2D eigenvalue weighted by Crippen LogP contribution is 1.94. The molecule has 3 nitrogen and oxygen atoms in total. The van der Waals surface area contributed by atoms with E-state index < -0.39 is 0 Å². The minimum absolute atomic E-state index is 0.375. The molecule has 0 aliphatic carbocycles. The second-order valence-electron chi connectivity index (χ2n) is 2.31. The van der Waals surface area contributed by atoms with Crippen LogP contribution in [0, 0.1) is 13.8 Å². The number of hydrogen-bond acceptors (Lipinski definition) is 3. The molecule has 0 aliphatic rings. The molecule has 0 saturated carbocycles. The Morgan fingerprint density at radius 1 is 1.42 bits per heavy atom. The summed E-state index contributed by atoms with van der Waals surface area (Å²) in [5.41, 5.74) is 2.30. The molecule has 1 aromatic heterocycles. The van der Waals surface area contributed by atoms with Crippen molar-refractivity contribution in [3.63, 3.8) is 0 Å². The number of rotatable bonds is 1. The molecule has 1 aromatic rings. The number of hydrogen-bond donors (Lipinski definition) is 0. The molecule has 1 heterocycles. The highest BCUT2D eigenvalue weighted by Gasteiger charge is 1.81. The lowest BCUT2D eigenvalue weighted by molar-refractivity contribution is -0.126. The van der Waals surface area contributed by atoms with E-state index in [1.54, 1.807) is 0 Å². The third kappa shape index (κ3) is 5.41. The van der Waals surface area contributed by atoms with Crippen molar-refractivity contribution < 1.29 is 9.53 Å². The zero-order chi connectivity index (χ0) is 9.40. The van der Waals surface area contributed by atoms with Crippen LogP contribution in [0.1, 0.15) is 11.3 Å². The summed E-state index contributed by atoms with van der Waals surface area (Å²) in [7, 11) is 1.31. The summed E-state index contributed by atoms with van der Waals surface area (Å²) in [5, 5.41) is 0. The maximum atomic E-state index is 8.95. The molecule has 0 amide bonds. The summed E-state index contributed by atoms with van der Waals surface area (Å²) < 4.78 is 3.86. The topological polar surface area (TPSA) is 39.2 Å². The molecule has 3 heteroatoms. The molecule has 1 rings (SSSR count). The number of carbonyl (C=O) groups excluding carboxylic acids is 1. The Bertz CT molecular complexity index is 197. The Hall–Kier alpha value is -1.38. The van der Waals surface area contributed by atoms with Crippen LogP contribution < -0.4 is 0 Å². The van der Waals surface area contributed by atoms with Crippen LogP contribution in [0.25, 0.3) is 0 Å². The summed E-state index contributed by atoms with van der Waals surface area (Å²) in [6, 6.07) is 4.07. The van der Waals surface area contributed by atoms with Crippen molar-refractivity contribution in [1.82, 2.24) is 4.98 Å². The summed E-state index contributed by atoms with van der Waals surface area (Å²) in [6.07, 6.45) is 1.87. The molecule has 12 heavy (non-hydrogen) atoms. The number of nitrogens with zero attached hydrogens (tertiary/aromatic N) is 1. The molecule has 0 atom stereocenters. The quantitative estimate of drug-likeness (QED) is 0.595. The van der Waals surface area contributed by atoms with E-state index in [0.29, 0.717) is 6.47 Å². The van der Waals surface area contributed by atoms with Gasteiger partial charge in [0.25, 0.3) is 6.47 Å². The Balaban J connectivity index is 0.000000261. The minimum atomic E-state index is 0.375. The van der Waals surface area contributed by atoms with Crippen molar-refractivity contribution in [2.24, 2.45) is 0 Å². The van der Waals surface area contributed by atoms with E-state index in [9.17, 15) is 0 Å². The first-order chi connectivity index (χ1) is 5.70. The molecule has 0 aliphatic heterocycles. The number of methoxy groups -OCH3 is 1. The Kier molecular flexibility index (Phi) is 5.61. The Labute approximate surface area is 72.4 Å². The van der Waals surface area contributed by atoms with Crippen LogP contribution in [-0.2, 0) is 9.53 Å². The van der Waals surface area contributed by atoms with Crippen molar-refractivity contribution in [3.05, 3.63) is 29.6 Å². The monoisotopic (exact) mass is 167 g/mol. The van der Waals surface area contributed by atoms with Gasteiger partial charge in [-0.25, -0.2) is 0 Å². The Morgan fingerprint density at radius 3 is 2.25 bits per heavy atom. The number of aromatic nitrogens is 1. The largest absolute Gasteiger partial charge is 0.471 e. The molecule has 0 N–H and O–H groups in total. The SMILES string of the molecule is COC=O.Cc1ccc(C)nc1. The molecule has 0 radical (unpaired) electrons. The van der Waals surface area contributed by atoms with Gasteiger partial charge in [-0.2, -0.15) is 0 Å². The average molecular weight is 167 g/mol. The van der Waals surface area contributed by atoms with E-state index in [1.165, 1.54) is 12.7 Å². The molecule has 0 bridgehead atoms. The van der Waals surface area contributed by atoms with Crippen molar-refractivity contribution >= 4 is 6.47 Å². The van der Waals surface area contributed by atoms with E-state index in [-0.39, 0.29) is 0 Å². The van der Waals surface area contributed by atoms with E-state index in [1.807, 2.05) is 26.1 Å².